The molecule has 3 unspecified atom stereocenters. The molecule has 2 aliphatic rings. The molecule has 0 aliphatic carbocycles. The Morgan fingerprint density at radius 2 is 2.24 bits per heavy atom. The first kappa shape index (κ1) is 17.9. The van der Waals surface area contributed by atoms with Crippen molar-refractivity contribution in [2.75, 3.05) is 6.54 Å². The summed E-state index contributed by atoms with van der Waals surface area (Å²) >= 11 is 0. The predicted molar refractivity (Wildman–Crippen MR) is 84.3 cm³/mol. The molecular weight excluding hydrogens is 347 g/mol. The van der Waals surface area contributed by atoms with E-state index < -0.39 is 25.6 Å². The number of ether oxygens (including phenoxy) is 1. The summed E-state index contributed by atoms with van der Waals surface area (Å²) < 4.78 is 22.2. The van der Waals surface area contributed by atoms with Gasteiger partial charge in [0.25, 0.3) is 7.82 Å². The number of nitriles is 1. The van der Waals surface area contributed by atoms with E-state index in [4.69, 9.17) is 14.5 Å². The zero-order valence-corrected chi connectivity index (χ0v) is 14.7. The van der Waals surface area contributed by atoms with Crippen molar-refractivity contribution in [1.29, 1.82) is 5.26 Å². The van der Waals surface area contributed by atoms with Gasteiger partial charge in [-0.3, -0.25) is 9.36 Å². The number of hydrogen-bond donors (Lipinski definition) is 1. The Morgan fingerprint density at radius 3 is 2.80 bits per heavy atom. The SMILES string of the molecule is CC1(C)Oc2ccc(C#N)cc2C(N2CCCC2=O)C1OP(=O)([O-])O. The van der Waals surface area contributed by atoms with E-state index >= 15 is 0 Å². The highest BCUT2D eigenvalue weighted by Crippen LogP contribution is 2.50. The van der Waals surface area contributed by atoms with Crippen molar-refractivity contribution in [3.63, 3.8) is 0 Å². The third-order valence-electron chi connectivity index (χ3n) is 4.50. The number of rotatable bonds is 3. The van der Waals surface area contributed by atoms with Gasteiger partial charge in [0.15, 0.2) is 0 Å². The van der Waals surface area contributed by atoms with E-state index in [1.807, 2.05) is 6.07 Å². The number of benzene rings is 1. The molecule has 9 heteroatoms. The Morgan fingerprint density at radius 1 is 1.52 bits per heavy atom. The van der Waals surface area contributed by atoms with Gasteiger partial charge in [-0.2, -0.15) is 5.26 Å². The lowest BCUT2D eigenvalue weighted by Crippen LogP contribution is -2.55. The van der Waals surface area contributed by atoms with Crippen LogP contribution in [0.1, 0.15) is 43.9 Å². The van der Waals surface area contributed by atoms with Gasteiger partial charge in [-0.05, 0) is 38.5 Å². The fourth-order valence-corrected chi connectivity index (χ4v) is 4.11. The molecule has 1 amide bonds. The molecule has 0 bridgehead atoms. The van der Waals surface area contributed by atoms with Crippen LogP contribution in [0.2, 0.25) is 0 Å². The molecule has 3 atom stereocenters. The van der Waals surface area contributed by atoms with Crippen molar-refractivity contribution in [2.24, 2.45) is 0 Å². The number of likely N-dealkylation sites (tertiary alicyclic amines) is 1. The Balaban J connectivity index is 2.16. The van der Waals surface area contributed by atoms with E-state index in [0.29, 0.717) is 36.3 Å². The molecule has 0 spiro atoms. The van der Waals surface area contributed by atoms with Crippen molar-refractivity contribution >= 4 is 13.7 Å². The molecule has 0 aromatic heterocycles. The molecule has 134 valence electrons. The van der Waals surface area contributed by atoms with Gasteiger partial charge in [0.2, 0.25) is 5.91 Å². The Kier molecular flexibility index (Phi) is 4.38. The molecule has 3 rings (SSSR count). The van der Waals surface area contributed by atoms with Gasteiger partial charge in [-0.1, -0.05) is 0 Å². The molecule has 1 fully saturated rings. The molecule has 1 aromatic rings. The summed E-state index contributed by atoms with van der Waals surface area (Å²) in [6, 6.07) is 6.00. The molecule has 25 heavy (non-hydrogen) atoms. The largest absolute Gasteiger partial charge is 0.756 e. The number of hydrogen-bond acceptors (Lipinski definition) is 6. The highest BCUT2D eigenvalue weighted by atomic mass is 31.2. The molecular formula is C16H18N2O6P-. The van der Waals surface area contributed by atoms with Crippen LogP contribution in [-0.4, -0.2) is 34.0 Å². The van der Waals surface area contributed by atoms with Crippen LogP contribution in [0.3, 0.4) is 0 Å². The van der Waals surface area contributed by atoms with Gasteiger partial charge in [-0.25, -0.2) is 0 Å². The minimum atomic E-state index is -5.08. The van der Waals surface area contributed by atoms with E-state index in [9.17, 15) is 19.1 Å². The first-order valence-electron chi connectivity index (χ1n) is 7.87. The summed E-state index contributed by atoms with van der Waals surface area (Å²) in [5.74, 6) is 0.315. The lowest BCUT2D eigenvalue weighted by Gasteiger charge is -2.48. The summed E-state index contributed by atoms with van der Waals surface area (Å²) in [7, 11) is -5.08. The first-order valence-corrected chi connectivity index (χ1v) is 9.37. The minimum Gasteiger partial charge on any atom is -0.756 e. The van der Waals surface area contributed by atoms with Crippen LogP contribution in [-0.2, 0) is 13.9 Å². The third-order valence-corrected chi connectivity index (χ3v) is 4.99. The summed E-state index contributed by atoms with van der Waals surface area (Å²) in [5.41, 5.74) is -0.281. The van der Waals surface area contributed by atoms with E-state index in [0.717, 1.165) is 0 Å². The van der Waals surface area contributed by atoms with E-state index in [2.05, 4.69) is 0 Å². The zero-order valence-electron chi connectivity index (χ0n) is 13.8. The average molecular weight is 365 g/mol. The number of amides is 1. The molecule has 1 saturated heterocycles. The fraction of sp³-hybridized carbons (Fsp3) is 0.500. The maximum absolute atomic E-state index is 12.3. The van der Waals surface area contributed by atoms with Crippen LogP contribution in [0.5, 0.6) is 5.75 Å². The zero-order chi connectivity index (χ0) is 18.4. The van der Waals surface area contributed by atoms with Crippen LogP contribution in [0, 0.1) is 11.3 Å². The summed E-state index contributed by atoms with van der Waals surface area (Å²) in [6.07, 6.45) is -0.152. The van der Waals surface area contributed by atoms with Crippen molar-refractivity contribution in [3.05, 3.63) is 29.3 Å². The Labute approximate surface area is 145 Å². The number of carbonyl (C=O) groups is 1. The summed E-state index contributed by atoms with van der Waals surface area (Å²) in [5, 5.41) is 9.16. The first-order chi connectivity index (χ1) is 11.6. The lowest BCUT2D eigenvalue weighted by atomic mass is 9.85. The standard InChI is InChI=1S/C16H19N2O6P/c1-16(2)15(24-25(20,21)22)14(18-7-3-4-13(18)19)11-8-10(9-17)5-6-12(11)23-16/h5-6,8,14-15H,3-4,7H2,1-2H3,(H2,20,21,22)/p-1. The topological polar surface area (TPSA) is 123 Å². The van der Waals surface area contributed by atoms with Crippen molar-refractivity contribution in [2.45, 2.75) is 44.4 Å². The van der Waals surface area contributed by atoms with Crippen molar-refractivity contribution < 1.29 is 28.4 Å². The van der Waals surface area contributed by atoms with E-state index in [1.165, 1.54) is 4.90 Å². The number of phosphoric acid groups is 1. The monoisotopic (exact) mass is 365 g/mol. The van der Waals surface area contributed by atoms with E-state index in [-0.39, 0.29) is 5.91 Å². The van der Waals surface area contributed by atoms with Gasteiger partial charge in [0.1, 0.15) is 17.5 Å². The molecule has 8 nitrogen and oxygen atoms in total. The highest BCUT2D eigenvalue weighted by molar-refractivity contribution is 7.44. The third kappa shape index (κ3) is 3.42. The molecule has 0 saturated carbocycles. The predicted octanol–water partition coefficient (Wildman–Crippen LogP) is 1.24. The Hall–Kier alpha value is -1.91. The van der Waals surface area contributed by atoms with E-state index in [1.54, 1.807) is 32.0 Å². The average Bonchev–Trinajstić information content (AvgIpc) is 2.92. The molecule has 2 heterocycles. The minimum absolute atomic E-state index is 0.136. The normalized spacial score (nSPS) is 27.2. The quantitative estimate of drug-likeness (QED) is 0.799. The maximum atomic E-state index is 12.3. The van der Waals surface area contributed by atoms with Gasteiger partial charge in [0.05, 0.1) is 17.7 Å². The molecule has 1 aromatic carbocycles. The number of fused-ring (bicyclic) bond motifs is 1. The highest BCUT2D eigenvalue weighted by Gasteiger charge is 2.50. The summed E-state index contributed by atoms with van der Waals surface area (Å²) in [4.78, 5) is 34.5. The van der Waals surface area contributed by atoms with Crippen LogP contribution < -0.4 is 9.63 Å². The van der Waals surface area contributed by atoms with Crippen LogP contribution in [0.25, 0.3) is 0 Å². The smallest absolute Gasteiger partial charge is 0.265 e. The van der Waals surface area contributed by atoms with Crippen LogP contribution in [0.15, 0.2) is 18.2 Å². The van der Waals surface area contributed by atoms with Crippen molar-refractivity contribution in [1.82, 2.24) is 4.90 Å². The van der Waals surface area contributed by atoms with Gasteiger partial charge >= 0.3 is 0 Å². The van der Waals surface area contributed by atoms with Crippen LogP contribution >= 0.6 is 7.82 Å². The molecule has 2 aliphatic heterocycles. The second-order valence-corrected chi connectivity index (χ2v) is 7.85. The number of phosphoric ester groups is 1. The van der Waals surface area contributed by atoms with Crippen LogP contribution in [0.4, 0.5) is 0 Å². The Bertz CT molecular complexity index is 796. The van der Waals surface area contributed by atoms with Gasteiger partial charge < -0.3 is 23.9 Å². The van der Waals surface area contributed by atoms with Crippen molar-refractivity contribution in [3.8, 4) is 11.8 Å². The maximum Gasteiger partial charge on any atom is 0.265 e. The second kappa shape index (κ2) is 6.11. The fourth-order valence-electron chi connectivity index (χ4n) is 3.45. The second-order valence-electron chi connectivity index (χ2n) is 6.70. The molecule has 1 N–H and O–H groups in total. The van der Waals surface area contributed by atoms with Gasteiger partial charge in [0, 0.05) is 18.5 Å². The number of carbonyl (C=O) groups excluding carboxylic acids is 1. The summed E-state index contributed by atoms with van der Waals surface area (Å²) in [6.45, 7) is 3.69. The van der Waals surface area contributed by atoms with Gasteiger partial charge in [-0.15, -0.1) is 0 Å². The lowest BCUT2D eigenvalue weighted by molar-refractivity contribution is -0.234. The number of nitrogens with zero attached hydrogens (tertiary/aromatic N) is 2. The molecule has 0 radical (unpaired) electrons.